The molecule has 0 bridgehead atoms. The number of hydrogen-bond acceptors (Lipinski definition) is 2. The van der Waals surface area contributed by atoms with Gasteiger partial charge in [-0.2, -0.15) is 0 Å². The van der Waals surface area contributed by atoms with E-state index in [0.29, 0.717) is 5.88 Å². The molecule has 2 rings (SSSR count). The zero-order valence-corrected chi connectivity index (χ0v) is 12.1. The number of benzene rings is 2. The van der Waals surface area contributed by atoms with Crippen molar-refractivity contribution in [2.75, 3.05) is 7.11 Å². The van der Waals surface area contributed by atoms with Gasteiger partial charge in [-0.05, 0) is 18.2 Å². The van der Waals surface area contributed by atoms with Crippen molar-refractivity contribution in [3.8, 4) is 5.75 Å². The second-order valence-electron chi connectivity index (χ2n) is 3.61. The molecule has 0 heterocycles. The Bertz CT molecular complexity index is 543. The van der Waals surface area contributed by atoms with Gasteiger partial charge in [-0.25, -0.2) is 0 Å². The molecule has 0 unspecified atom stereocenters. The average molecular weight is 299 g/mol. The van der Waals surface area contributed by atoms with E-state index in [-0.39, 0.29) is 0 Å². The Kier molecular flexibility index (Phi) is 4.81. The maximum absolute atomic E-state index is 6.16. The molecule has 0 fully saturated rings. The van der Waals surface area contributed by atoms with Crippen LogP contribution in [0.2, 0.25) is 5.02 Å². The highest BCUT2D eigenvalue weighted by Gasteiger charge is 2.10. The Morgan fingerprint density at radius 3 is 2.44 bits per heavy atom. The van der Waals surface area contributed by atoms with Crippen molar-refractivity contribution in [1.82, 2.24) is 0 Å². The van der Waals surface area contributed by atoms with Crippen LogP contribution in [0.25, 0.3) is 0 Å². The molecule has 2 aromatic rings. The van der Waals surface area contributed by atoms with Crippen molar-refractivity contribution in [1.29, 1.82) is 0 Å². The highest BCUT2D eigenvalue weighted by Crippen LogP contribution is 2.40. The summed E-state index contributed by atoms with van der Waals surface area (Å²) in [7, 11) is 1.65. The molecule has 4 heteroatoms. The topological polar surface area (TPSA) is 9.23 Å². The van der Waals surface area contributed by atoms with Gasteiger partial charge in [0, 0.05) is 10.5 Å². The molecular formula is C14H12Cl2OS. The molecular weight excluding hydrogens is 287 g/mol. The fourth-order valence-corrected chi connectivity index (χ4v) is 3.09. The smallest absolute Gasteiger partial charge is 0.137 e. The quantitative estimate of drug-likeness (QED) is 0.714. The highest BCUT2D eigenvalue weighted by atomic mass is 35.5. The third kappa shape index (κ3) is 2.94. The van der Waals surface area contributed by atoms with Crippen molar-refractivity contribution < 1.29 is 4.74 Å². The van der Waals surface area contributed by atoms with Crippen LogP contribution in [0.5, 0.6) is 5.75 Å². The van der Waals surface area contributed by atoms with Crippen LogP contribution in [-0.2, 0) is 5.88 Å². The number of rotatable bonds is 4. The minimum Gasteiger partial charge on any atom is -0.495 e. The lowest BCUT2D eigenvalue weighted by Crippen LogP contribution is -1.91. The maximum atomic E-state index is 6.16. The molecule has 0 aromatic heterocycles. The van der Waals surface area contributed by atoms with Crippen LogP contribution >= 0.6 is 35.0 Å². The van der Waals surface area contributed by atoms with E-state index in [9.17, 15) is 0 Å². The number of hydrogen-bond donors (Lipinski definition) is 0. The van der Waals surface area contributed by atoms with Gasteiger partial charge in [0.05, 0.1) is 22.9 Å². The molecule has 0 aliphatic heterocycles. The standard InChI is InChI=1S/C14H12Cl2OS/c1-17-14-10(9-15)5-4-8-13(14)18-12-7-3-2-6-11(12)16/h2-8H,9H2,1H3. The summed E-state index contributed by atoms with van der Waals surface area (Å²) < 4.78 is 5.43. The van der Waals surface area contributed by atoms with Gasteiger partial charge < -0.3 is 4.74 Å². The number of methoxy groups -OCH3 is 1. The minimum absolute atomic E-state index is 0.431. The zero-order chi connectivity index (χ0) is 13.0. The lowest BCUT2D eigenvalue weighted by Gasteiger charge is -2.12. The van der Waals surface area contributed by atoms with Gasteiger partial charge in [-0.15, -0.1) is 11.6 Å². The van der Waals surface area contributed by atoms with E-state index >= 15 is 0 Å². The summed E-state index contributed by atoms with van der Waals surface area (Å²) in [6.07, 6.45) is 0. The van der Waals surface area contributed by atoms with Gasteiger partial charge in [-0.3, -0.25) is 0 Å². The van der Waals surface area contributed by atoms with Crippen molar-refractivity contribution in [3.63, 3.8) is 0 Å². The van der Waals surface area contributed by atoms with Crippen LogP contribution in [0, 0.1) is 0 Å². The number of halogens is 2. The molecule has 94 valence electrons. The highest BCUT2D eigenvalue weighted by molar-refractivity contribution is 7.99. The van der Waals surface area contributed by atoms with Gasteiger partial charge in [0.1, 0.15) is 5.75 Å². The SMILES string of the molecule is COc1c(CCl)cccc1Sc1ccccc1Cl. The van der Waals surface area contributed by atoms with E-state index in [1.54, 1.807) is 18.9 Å². The predicted octanol–water partition coefficient (Wildman–Crippen LogP) is 5.24. The molecule has 0 radical (unpaired) electrons. The van der Waals surface area contributed by atoms with E-state index in [1.807, 2.05) is 42.5 Å². The molecule has 0 N–H and O–H groups in total. The Morgan fingerprint density at radius 1 is 1.06 bits per heavy atom. The first-order chi connectivity index (χ1) is 8.76. The summed E-state index contributed by atoms with van der Waals surface area (Å²) in [5.41, 5.74) is 0.983. The first-order valence-corrected chi connectivity index (χ1v) is 7.13. The maximum Gasteiger partial charge on any atom is 0.137 e. The zero-order valence-electron chi connectivity index (χ0n) is 9.82. The Labute approximate surface area is 121 Å². The third-order valence-electron chi connectivity index (χ3n) is 2.47. The first-order valence-electron chi connectivity index (χ1n) is 5.40. The summed E-state index contributed by atoms with van der Waals surface area (Å²) in [5.74, 6) is 1.25. The van der Waals surface area contributed by atoms with E-state index in [0.717, 1.165) is 26.1 Å². The van der Waals surface area contributed by atoms with Crippen LogP contribution in [0.4, 0.5) is 0 Å². The van der Waals surface area contributed by atoms with Crippen molar-refractivity contribution >= 4 is 35.0 Å². The van der Waals surface area contributed by atoms with Gasteiger partial charge in [0.2, 0.25) is 0 Å². The molecule has 0 aliphatic rings. The molecule has 0 amide bonds. The molecule has 0 saturated heterocycles. The van der Waals surface area contributed by atoms with Gasteiger partial charge >= 0.3 is 0 Å². The summed E-state index contributed by atoms with van der Waals surface area (Å²) in [4.78, 5) is 2.02. The van der Waals surface area contributed by atoms with Gasteiger partial charge in [-0.1, -0.05) is 47.6 Å². The fraction of sp³-hybridized carbons (Fsp3) is 0.143. The summed E-state index contributed by atoms with van der Waals surface area (Å²) in [6.45, 7) is 0. The van der Waals surface area contributed by atoms with Crippen LogP contribution < -0.4 is 4.74 Å². The second-order valence-corrected chi connectivity index (χ2v) is 5.37. The van der Waals surface area contributed by atoms with E-state index in [2.05, 4.69) is 0 Å². The second kappa shape index (κ2) is 6.37. The molecule has 2 aromatic carbocycles. The number of ether oxygens (including phenoxy) is 1. The van der Waals surface area contributed by atoms with E-state index in [1.165, 1.54) is 0 Å². The molecule has 0 atom stereocenters. The fourth-order valence-electron chi connectivity index (χ4n) is 1.62. The summed E-state index contributed by atoms with van der Waals surface area (Å²) in [6, 6.07) is 13.7. The molecule has 18 heavy (non-hydrogen) atoms. The van der Waals surface area contributed by atoms with Crippen LogP contribution in [0.1, 0.15) is 5.56 Å². The predicted molar refractivity (Wildman–Crippen MR) is 78.1 cm³/mol. The lowest BCUT2D eigenvalue weighted by molar-refractivity contribution is 0.401. The Morgan fingerprint density at radius 2 is 1.78 bits per heavy atom. The Balaban J connectivity index is 2.37. The van der Waals surface area contributed by atoms with Crippen molar-refractivity contribution in [2.45, 2.75) is 15.7 Å². The van der Waals surface area contributed by atoms with Crippen LogP contribution in [0.15, 0.2) is 52.3 Å². The summed E-state index contributed by atoms with van der Waals surface area (Å²) in [5, 5.41) is 0.737. The van der Waals surface area contributed by atoms with Crippen molar-refractivity contribution in [2.24, 2.45) is 0 Å². The van der Waals surface area contributed by atoms with Crippen LogP contribution in [0.3, 0.4) is 0 Å². The average Bonchev–Trinajstić information content (AvgIpc) is 2.41. The monoisotopic (exact) mass is 298 g/mol. The number of para-hydroxylation sites is 1. The number of alkyl halides is 1. The van der Waals surface area contributed by atoms with E-state index in [4.69, 9.17) is 27.9 Å². The largest absolute Gasteiger partial charge is 0.495 e. The van der Waals surface area contributed by atoms with Crippen molar-refractivity contribution in [3.05, 3.63) is 53.1 Å². The Hall–Kier alpha value is -0.830. The molecule has 1 nitrogen and oxygen atoms in total. The van der Waals surface area contributed by atoms with Gasteiger partial charge in [0.15, 0.2) is 0 Å². The molecule has 0 aliphatic carbocycles. The third-order valence-corrected chi connectivity index (χ3v) is 4.31. The van der Waals surface area contributed by atoms with Gasteiger partial charge in [0.25, 0.3) is 0 Å². The van der Waals surface area contributed by atoms with E-state index < -0.39 is 0 Å². The summed E-state index contributed by atoms with van der Waals surface area (Å²) >= 11 is 13.6. The lowest BCUT2D eigenvalue weighted by atomic mass is 10.2. The van der Waals surface area contributed by atoms with Crippen LogP contribution in [-0.4, -0.2) is 7.11 Å². The normalized spacial score (nSPS) is 10.4. The molecule has 0 saturated carbocycles. The molecule has 0 spiro atoms. The minimum atomic E-state index is 0.431. The first kappa shape index (κ1) is 13.6.